The average molecular weight is 234 g/mol. The fourth-order valence-electron chi connectivity index (χ4n) is 0.868. The van der Waals surface area contributed by atoms with Gasteiger partial charge in [-0.3, -0.25) is 9.35 Å². The van der Waals surface area contributed by atoms with Crippen LogP contribution in [-0.2, 0) is 10.1 Å². The van der Waals surface area contributed by atoms with Gasteiger partial charge in [-0.25, -0.2) is 0 Å². The SMILES string of the molecule is CC(C)C(=O)c1cc(S(=O)(=O)O)cs1. The van der Waals surface area contributed by atoms with Crippen molar-refractivity contribution in [3.8, 4) is 0 Å². The van der Waals surface area contributed by atoms with Crippen LogP contribution in [0, 0.1) is 5.92 Å². The lowest BCUT2D eigenvalue weighted by atomic mass is 10.1. The summed E-state index contributed by atoms with van der Waals surface area (Å²) in [5.74, 6) is -0.298. The largest absolute Gasteiger partial charge is 0.295 e. The molecule has 0 aliphatic carbocycles. The Labute approximate surface area is 86.3 Å². The van der Waals surface area contributed by atoms with Gasteiger partial charge >= 0.3 is 0 Å². The lowest BCUT2D eigenvalue weighted by molar-refractivity contribution is 0.0943. The molecule has 0 unspecified atom stereocenters. The molecule has 1 aromatic heterocycles. The van der Waals surface area contributed by atoms with Gasteiger partial charge in [0.15, 0.2) is 5.78 Å². The van der Waals surface area contributed by atoms with E-state index in [1.54, 1.807) is 13.8 Å². The zero-order valence-corrected chi connectivity index (χ0v) is 9.35. The van der Waals surface area contributed by atoms with Gasteiger partial charge in [0.25, 0.3) is 10.1 Å². The summed E-state index contributed by atoms with van der Waals surface area (Å²) in [4.78, 5) is 11.6. The fraction of sp³-hybridized carbons (Fsp3) is 0.375. The predicted octanol–water partition coefficient (Wildman–Crippen LogP) is 1.83. The molecule has 0 saturated heterocycles. The predicted molar refractivity (Wildman–Crippen MR) is 53.3 cm³/mol. The molecule has 0 aliphatic heterocycles. The molecule has 0 radical (unpaired) electrons. The molecule has 4 nitrogen and oxygen atoms in total. The number of thiophene rings is 1. The Morgan fingerprint density at radius 3 is 2.43 bits per heavy atom. The molecular formula is C8H10O4S2. The summed E-state index contributed by atoms with van der Waals surface area (Å²) in [6.45, 7) is 3.46. The molecule has 0 saturated carbocycles. The van der Waals surface area contributed by atoms with Gasteiger partial charge in [-0.15, -0.1) is 11.3 Å². The third-order valence-electron chi connectivity index (χ3n) is 1.64. The maximum absolute atomic E-state index is 11.4. The zero-order valence-electron chi connectivity index (χ0n) is 7.72. The Morgan fingerprint density at radius 1 is 1.50 bits per heavy atom. The van der Waals surface area contributed by atoms with Crippen LogP contribution >= 0.6 is 11.3 Å². The first-order chi connectivity index (χ1) is 6.32. The van der Waals surface area contributed by atoms with Crippen LogP contribution in [0.3, 0.4) is 0 Å². The summed E-state index contributed by atoms with van der Waals surface area (Å²) >= 11 is 1.02. The van der Waals surface area contributed by atoms with Crippen LogP contribution in [0.2, 0.25) is 0 Å². The van der Waals surface area contributed by atoms with Crippen molar-refractivity contribution in [3.63, 3.8) is 0 Å². The monoisotopic (exact) mass is 234 g/mol. The van der Waals surface area contributed by atoms with E-state index in [1.165, 1.54) is 11.4 Å². The van der Waals surface area contributed by atoms with Crippen molar-refractivity contribution >= 4 is 27.2 Å². The molecule has 0 atom stereocenters. The van der Waals surface area contributed by atoms with Crippen LogP contribution in [0.4, 0.5) is 0 Å². The van der Waals surface area contributed by atoms with Crippen molar-refractivity contribution in [2.24, 2.45) is 5.92 Å². The molecule has 14 heavy (non-hydrogen) atoms. The molecule has 0 aromatic carbocycles. The van der Waals surface area contributed by atoms with E-state index in [2.05, 4.69) is 0 Å². The van der Waals surface area contributed by atoms with E-state index in [4.69, 9.17) is 4.55 Å². The van der Waals surface area contributed by atoms with E-state index in [-0.39, 0.29) is 16.6 Å². The van der Waals surface area contributed by atoms with Gasteiger partial charge in [-0.2, -0.15) is 8.42 Å². The van der Waals surface area contributed by atoms with Crippen LogP contribution in [0.1, 0.15) is 23.5 Å². The van der Waals surface area contributed by atoms with E-state index in [0.29, 0.717) is 4.88 Å². The molecule has 0 aliphatic rings. The minimum absolute atomic E-state index is 0.120. The Morgan fingerprint density at radius 2 is 2.07 bits per heavy atom. The minimum atomic E-state index is -4.18. The van der Waals surface area contributed by atoms with Crippen molar-refractivity contribution in [1.29, 1.82) is 0 Å². The third kappa shape index (κ3) is 2.40. The molecule has 1 N–H and O–H groups in total. The van der Waals surface area contributed by atoms with E-state index in [1.807, 2.05) is 0 Å². The molecule has 1 heterocycles. The van der Waals surface area contributed by atoms with Crippen LogP contribution in [0.25, 0.3) is 0 Å². The van der Waals surface area contributed by atoms with Crippen molar-refractivity contribution < 1.29 is 17.8 Å². The zero-order chi connectivity index (χ0) is 10.9. The van der Waals surface area contributed by atoms with Gasteiger partial charge in [0, 0.05) is 11.3 Å². The van der Waals surface area contributed by atoms with Crippen LogP contribution in [-0.4, -0.2) is 18.8 Å². The van der Waals surface area contributed by atoms with E-state index in [9.17, 15) is 13.2 Å². The van der Waals surface area contributed by atoms with E-state index < -0.39 is 10.1 Å². The summed E-state index contributed by atoms with van der Waals surface area (Å²) in [5.41, 5.74) is 0. The van der Waals surface area contributed by atoms with E-state index >= 15 is 0 Å². The number of hydrogen-bond acceptors (Lipinski definition) is 4. The summed E-state index contributed by atoms with van der Waals surface area (Å²) < 4.78 is 30.1. The Kier molecular flexibility index (Phi) is 3.08. The summed E-state index contributed by atoms with van der Waals surface area (Å²) in [5, 5.41) is 1.25. The number of Topliss-reactive ketones (excluding diaryl/α,β-unsaturated/α-hetero) is 1. The first kappa shape index (κ1) is 11.4. The molecule has 78 valence electrons. The minimum Gasteiger partial charge on any atom is -0.293 e. The number of carbonyl (C=O) groups excluding carboxylic acids is 1. The normalized spacial score (nSPS) is 12.0. The number of rotatable bonds is 3. The van der Waals surface area contributed by atoms with Crippen molar-refractivity contribution in [2.75, 3.05) is 0 Å². The van der Waals surface area contributed by atoms with Crippen molar-refractivity contribution in [2.45, 2.75) is 18.7 Å². The lowest BCUT2D eigenvalue weighted by Crippen LogP contribution is -2.05. The van der Waals surface area contributed by atoms with Crippen molar-refractivity contribution in [1.82, 2.24) is 0 Å². The number of ketones is 1. The van der Waals surface area contributed by atoms with Gasteiger partial charge in [-0.05, 0) is 6.07 Å². The molecule has 0 spiro atoms. The molecule has 0 fully saturated rings. The van der Waals surface area contributed by atoms with Gasteiger partial charge in [0.2, 0.25) is 0 Å². The Balaban J connectivity index is 3.07. The summed E-state index contributed by atoms with van der Waals surface area (Å²) in [6, 6.07) is 1.20. The topological polar surface area (TPSA) is 71.4 Å². The van der Waals surface area contributed by atoms with Crippen LogP contribution in [0.5, 0.6) is 0 Å². The second-order valence-corrected chi connectivity index (χ2v) is 5.47. The summed E-state index contributed by atoms with van der Waals surface area (Å²) in [6.07, 6.45) is 0. The maximum Gasteiger partial charge on any atom is 0.295 e. The van der Waals surface area contributed by atoms with Gasteiger partial charge < -0.3 is 0 Å². The lowest BCUT2D eigenvalue weighted by Gasteiger charge is -1.98. The quantitative estimate of drug-likeness (QED) is 0.639. The second-order valence-electron chi connectivity index (χ2n) is 3.14. The van der Waals surface area contributed by atoms with Gasteiger partial charge in [0.1, 0.15) is 4.90 Å². The highest BCUT2D eigenvalue weighted by molar-refractivity contribution is 7.86. The first-order valence-electron chi connectivity index (χ1n) is 3.92. The molecule has 1 aromatic rings. The van der Waals surface area contributed by atoms with Gasteiger partial charge in [0.05, 0.1) is 4.88 Å². The standard InChI is InChI=1S/C8H10O4S2/c1-5(2)8(9)7-3-6(4-13-7)14(10,11)12/h3-5H,1-2H3,(H,10,11,12). The number of hydrogen-bond donors (Lipinski definition) is 1. The molecular weight excluding hydrogens is 224 g/mol. The number of carbonyl (C=O) groups is 1. The molecule has 6 heteroatoms. The van der Waals surface area contributed by atoms with E-state index in [0.717, 1.165) is 11.3 Å². The highest BCUT2D eigenvalue weighted by Gasteiger charge is 2.17. The van der Waals surface area contributed by atoms with Crippen molar-refractivity contribution in [3.05, 3.63) is 16.3 Å². The molecule has 0 bridgehead atoms. The highest BCUT2D eigenvalue weighted by Crippen LogP contribution is 2.21. The third-order valence-corrected chi connectivity index (χ3v) is 3.57. The Bertz CT molecular complexity index is 442. The highest BCUT2D eigenvalue weighted by atomic mass is 32.2. The van der Waals surface area contributed by atoms with Gasteiger partial charge in [-0.1, -0.05) is 13.8 Å². The first-order valence-corrected chi connectivity index (χ1v) is 6.24. The van der Waals surface area contributed by atoms with Crippen LogP contribution < -0.4 is 0 Å². The molecule has 0 amide bonds. The Hall–Kier alpha value is -0.720. The fourth-order valence-corrected chi connectivity index (χ4v) is 2.70. The second kappa shape index (κ2) is 3.80. The molecule has 1 rings (SSSR count). The summed E-state index contributed by atoms with van der Waals surface area (Å²) in [7, 11) is -4.18. The smallest absolute Gasteiger partial charge is 0.293 e. The van der Waals surface area contributed by atoms with Crippen LogP contribution in [0.15, 0.2) is 16.3 Å². The maximum atomic E-state index is 11.4. The average Bonchev–Trinajstić information content (AvgIpc) is 2.49.